The van der Waals surface area contributed by atoms with Crippen molar-refractivity contribution in [1.29, 1.82) is 0 Å². The van der Waals surface area contributed by atoms with Crippen LogP contribution in [0.15, 0.2) is 66.7 Å². The van der Waals surface area contributed by atoms with Gasteiger partial charge in [-0.3, -0.25) is 0 Å². The predicted octanol–water partition coefficient (Wildman–Crippen LogP) is 4.70. The molecule has 0 atom stereocenters. The molecule has 132 valence electrons. The zero-order valence-electron chi connectivity index (χ0n) is 14.5. The van der Waals surface area contributed by atoms with Crippen LogP contribution in [0.2, 0.25) is 0 Å². The van der Waals surface area contributed by atoms with E-state index >= 15 is 0 Å². The first-order valence-corrected chi connectivity index (χ1v) is 8.39. The van der Waals surface area contributed by atoms with E-state index < -0.39 is 5.97 Å². The number of carbonyl (C=O) groups is 1. The van der Waals surface area contributed by atoms with Crippen molar-refractivity contribution in [2.24, 2.45) is 0 Å². The van der Waals surface area contributed by atoms with Gasteiger partial charge in [0.05, 0.1) is 0 Å². The number of para-hydroxylation sites is 1. The van der Waals surface area contributed by atoms with E-state index in [2.05, 4.69) is 0 Å². The fraction of sp³-hybridized carbons (Fsp3) is 0.136. The number of benzene rings is 3. The van der Waals surface area contributed by atoms with E-state index in [1.807, 2.05) is 67.6 Å². The predicted molar refractivity (Wildman–Crippen MR) is 103 cm³/mol. The van der Waals surface area contributed by atoms with Crippen LogP contribution in [0, 0.1) is 6.92 Å². The van der Waals surface area contributed by atoms with Crippen molar-refractivity contribution in [3.63, 3.8) is 0 Å². The summed E-state index contributed by atoms with van der Waals surface area (Å²) in [6.07, 6.45) is 2.70. The van der Waals surface area contributed by atoms with E-state index in [4.69, 9.17) is 14.6 Å². The topological polar surface area (TPSA) is 55.8 Å². The first kappa shape index (κ1) is 17.5. The third-order valence-electron chi connectivity index (χ3n) is 4.02. The number of hydrogen-bond donors (Lipinski definition) is 1. The number of carboxylic acids is 1. The first-order valence-electron chi connectivity index (χ1n) is 8.39. The van der Waals surface area contributed by atoms with E-state index in [0.29, 0.717) is 19.0 Å². The van der Waals surface area contributed by atoms with Gasteiger partial charge in [-0.05, 0) is 41.5 Å². The molecule has 0 aliphatic heterocycles. The summed E-state index contributed by atoms with van der Waals surface area (Å²) in [6, 6.07) is 19.4. The van der Waals surface area contributed by atoms with Gasteiger partial charge in [-0.15, -0.1) is 0 Å². The fourth-order valence-corrected chi connectivity index (χ4v) is 2.75. The van der Waals surface area contributed by atoms with Crippen molar-refractivity contribution in [3.8, 4) is 11.5 Å². The summed E-state index contributed by atoms with van der Waals surface area (Å²) in [7, 11) is 0. The van der Waals surface area contributed by atoms with Gasteiger partial charge in [0.2, 0.25) is 0 Å². The molecule has 4 heteroatoms. The number of aryl methyl sites for hydroxylation is 1. The van der Waals surface area contributed by atoms with Crippen LogP contribution >= 0.6 is 0 Å². The second-order valence-electron chi connectivity index (χ2n) is 5.83. The monoisotopic (exact) mass is 348 g/mol. The Balaban J connectivity index is 1.75. The van der Waals surface area contributed by atoms with Gasteiger partial charge < -0.3 is 14.6 Å². The average Bonchev–Trinajstić information content (AvgIpc) is 2.65. The van der Waals surface area contributed by atoms with Gasteiger partial charge in [0.25, 0.3) is 0 Å². The molecule has 0 spiro atoms. The molecule has 26 heavy (non-hydrogen) atoms. The lowest BCUT2D eigenvalue weighted by molar-refractivity contribution is -0.131. The second kappa shape index (κ2) is 8.21. The molecule has 0 unspecified atom stereocenters. The number of rotatable bonds is 7. The third kappa shape index (κ3) is 4.22. The fourth-order valence-electron chi connectivity index (χ4n) is 2.75. The maximum Gasteiger partial charge on any atom is 0.328 e. The molecule has 3 aromatic carbocycles. The number of ether oxygens (including phenoxy) is 2. The first-order chi connectivity index (χ1) is 12.6. The number of carboxylic acid groups (broad SMARTS) is 1. The molecular formula is C22H20O4. The molecule has 0 aliphatic carbocycles. The highest BCUT2D eigenvalue weighted by atomic mass is 16.5. The van der Waals surface area contributed by atoms with E-state index in [0.717, 1.165) is 33.7 Å². The van der Waals surface area contributed by atoms with Crippen molar-refractivity contribution >= 4 is 22.8 Å². The molecule has 0 heterocycles. The summed E-state index contributed by atoms with van der Waals surface area (Å²) in [4.78, 5) is 10.9. The average molecular weight is 348 g/mol. The molecule has 0 amide bonds. The molecule has 0 saturated heterocycles. The Labute approximate surface area is 152 Å². The smallest absolute Gasteiger partial charge is 0.328 e. The normalized spacial score (nSPS) is 11.0. The molecule has 1 N–H and O–H groups in total. The summed E-state index contributed by atoms with van der Waals surface area (Å²) in [6.45, 7) is 2.76. The van der Waals surface area contributed by atoms with Crippen LogP contribution in [0.5, 0.6) is 11.5 Å². The quantitative estimate of drug-likeness (QED) is 0.496. The summed E-state index contributed by atoms with van der Waals surface area (Å²) < 4.78 is 11.6. The van der Waals surface area contributed by atoms with Crippen LogP contribution in [-0.4, -0.2) is 24.3 Å². The Bertz CT molecular complexity index is 944. The summed E-state index contributed by atoms with van der Waals surface area (Å²) in [5.74, 6) is 0.474. The van der Waals surface area contributed by atoms with Crippen LogP contribution in [0.25, 0.3) is 16.8 Å². The highest BCUT2D eigenvalue weighted by molar-refractivity contribution is 5.96. The number of hydrogen-bond acceptors (Lipinski definition) is 3. The lowest BCUT2D eigenvalue weighted by Crippen LogP contribution is -2.10. The molecule has 3 rings (SSSR count). The van der Waals surface area contributed by atoms with Crippen molar-refractivity contribution in [1.82, 2.24) is 0 Å². The SMILES string of the molecule is Cc1ccccc1OCCOc1ccc2ccccc2c1C=CC(=O)O. The van der Waals surface area contributed by atoms with Crippen molar-refractivity contribution < 1.29 is 19.4 Å². The van der Waals surface area contributed by atoms with Crippen molar-refractivity contribution in [2.75, 3.05) is 13.2 Å². The maximum atomic E-state index is 10.9. The van der Waals surface area contributed by atoms with Gasteiger partial charge >= 0.3 is 5.97 Å². The number of aliphatic carboxylic acids is 1. The highest BCUT2D eigenvalue weighted by Gasteiger charge is 2.07. The van der Waals surface area contributed by atoms with Gasteiger partial charge in [0.15, 0.2) is 0 Å². The molecule has 0 saturated carbocycles. The van der Waals surface area contributed by atoms with E-state index in [1.165, 1.54) is 0 Å². The highest BCUT2D eigenvalue weighted by Crippen LogP contribution is 2.29. The molecule has 0 aromatic heterocycles. The van der Waals surface area contributed by atoms with Crippen molar-refractivity contribution in [2.45, 2.75) is 6.92 Å². The standard InChI is InChI=1S/C22H20O4/c1-16-6-2-5-9-20(16)25-14-15-26-21-12-10-17-7-3-4-8-18(17)19(21)11-13-22(23)24/h2-13H,14-15H2,1H3,(H,23,24). The largest absolute Gasteiger partial charge is 0.490 e. The molecule has 0 radical (unpaired) electrons. The Morgan fingerprint density at radius 3 is 2.38 bits per heavy atom. The Morgan fingerprint density at radius 1 is 0.923 bits per heavy atom. The Kier molecular flexibility index (Phi) is 5.54. The summed E-state index contributed by atoms with van der Waals surface area (Å²) in [5, 5.41) is 10.9. The molecular weight excluding hydrogens is 328 g/mol. The minimum absolute atomic E-state index is 0.362. The molecule has 0 bridgehead atoms. The van der Waals surface area contributed by atoms with E-state index in [9.17, 15) is 4.79 Å². The van der Waals surface area contributed by atoms with Crippen LogP contribution in [0.1, 0.15) is 11.1 Å². The van der Waals surface area contributed by atoms with Gasteiger partial charge in [-0.25, -0.2) is 4.79 Å². The van der Waals surface area contributed by atoms with Crippen LogP contribution in [0.4, 0.5) is 0 Å². The zero-order valence-corrected chi connectivity index (χ0v) is 14.5. The lowest BCUT2D eigenvalue weighted by atomic mass is 10.0. The van der Waals surface area contributed by atoms with Gasteiger partial charge in [-0.2, -0.15) is 0 Å². The molecule has 3 aromatic rings. The van der Waals surface area contributed by atoms with Crippen molar-refractivity contribution in [3.05, 3.63) is 77.9 Å². The minimum Gasteiger partial charge on any atom is -0.490 e. The Hall–Kier alpha value is -3.27. The summed E-state index contributed by atoms with van der Waals surface area (Å²) in [5.41, 5.74) is 1.82. The van der Waals surface area contributed by atoms with Gasteiger partial charge in [-0.1, -0.05) is 48.5 Å². The third-order valence-corrected chi connectivity index (χ3v) is 4.02. The van der Waals surface area contributed by atoms with Crippen LogP contribution in [-0.2, 0) is 4.79 Å². The van der Waals surface area contributed by atoms with Crippen LogP contribution < -0.4 is 9.47 Å². The maximum absolute atomic E-state index is 10.9. The minimum atomic E-state index is -0.994. The van der Waals surface area contributed by atoms with Gasteiger partial charge in [0, 0.05) is 11.6 Å². The molecule has 0 aliphatic rings. The van der Waals surface area contributed by atoms with E-state index in [1.54, 1.807) is 6.08 Å². The number of fused-ring (bicyclic) bond motifs is 1. The summed E-state index contributed by atoms with van der Waals surface area (Å²) >= 11 is 0. The molecule has 0 fully saturated rings. The Morgan fingerprint density at radius 2 is 1.62 bits per heavy atom. The second-order valence-corrected chi connectivity index (χ2v) is 5.83. The zero-order chi connectivity index (χ0) is 18.4. The van der Waals surface area contributed by atoms with Crippen LogP contribution in [0.3, 0.4) is 0 Å². The lowest BCUT2D eigenvalue weighted by Gasteiger charge is -2.13. The van der Waals surface area contributed by atoms with E-state index in [-0.39, 0.29) is 0 Å². The molecule has 4 nitrogen and oxygen atoms in total. The van der Waals surface area contributed by atoms with Gasteiger partial charge in [0.1, 0.15) is 24.7 Å².